The predicted octanol–water partition coefficient (Wildman–Crippen LogP) is 3.98. The van der Waals surface area contributed by atoms with Crippen molar-refractivity contribution in [1.82, 2.24) is 5.32 Å². The van der Waals surface area contributed by atoms with Crippen molar-refractivity contribution >= 4 is 5.91 Å². The van der Waals surface area contributed by atoms with Crippen LogP contribution in [-0.4, -0.2) is 12.5 Å². The highest BCUT2D eigenvalue weighted by atomic mass is 16.1. The highest BCUT2D eigenvalue weighted by molar-refractivity contribution is 5.94. The van der Waals surface area contributed by atoms with Crippen LogP contribution < -0.4 is 5.32 Å². The van der Waals surface area contributed by atoms with E-state index in [1.807, 2.05) is 12.1 Å². The van der Waals surface area contributed by atoms with Crippen molar-refractivity contribution < 1.29 is 4.79 Å². The van der Waals surface area contributed by atoms with Gasteiger partial charge in [0.25, 0.3) is 5.91 Å². The molecule has 1 rings (SSSR count). The maximum atomic E-state index is 11.9. The molecule has 0 saturated carbocycles. The molecule has 1 aromatic carbocycles. The fourth-order valence-corrected chi connectivity index (χ4v) is 1.65. The zero-order chi connectivity index (χ0) is 13.8. The molecule has 0 heterocycles. The van der Waals surface area contributed by atoms with Gasteiger partial charge in [0.05, 0.1) is 0 Å². The molecule has 2 heteroatoms. The predicted molar refractivity (Wildman–Crippen MR) is 76.9 cm³/mol. The average molecular weight is 247 g/mol. The van der Waals surface area contributed by atoms with Gasteiger partial charge in [-0.15, -0.1) is 0 Å². The summed E-state index contributed by atoms with van der Waals surface area (Å²) in [5, 5.41) is 2.96. The number of carbonyl (C=O) groups is 1. The Bertz CT molecular complexity index is 387. The first-order valence-electron chi connectivity index (χ1n) is 6.71. The van der Waals surface area contributed by atoms with E-state index in [9.17, 15) is 4.79 Å². The number of carbonyl (C=O) groups excluding carboxylic acids is 1. The van der Waals surface area contributed by atoms with Crippen LogP contribution in [-0.2, 0) is 0 Å². The summed E-state index contributed by atoms with van der Waals surface area (Å²) in [6.45, 7) is 11.4. The molecule has 0 aliphatic heterocycles. The first-order chi connectivity index (χ1) is 8.33. The van der Waals surface area contributed by atoms with Crippen LogP contribution in [0.3, 0.4) is 0 Å². The van der Waals surface area contributed by atoms with E-state index < -0.39 is 0 Å². The fourth-order valence-electron chi connectivity index (χ4n) is 1.65. The topological polar surface area (TPSA) is 29.1 Å². The molecule has 1 amide bonds. The highest BCUT2D eigenvalue weighted by Crippen LogP contribution is 2.19. The Morgan fingerprint density at radius 2 is 1.78 bits per heavy atom. The second-order valence-electron chi connectivity index (χ2n) is 6.17. The number of rotatable bonds is 4. The standard InChI is InChI=1S/C16H25NO/c1-6-12(2)13-7-9-14(10-8-13)15(18)17-11-16(3,4)5/h7-10,12H,6,11H2,1-5H3,(H,17,18). The van der Waals surface area contributed by atoms with Gasteiger partial charge in [0.1, 0.15) is 0 Å². The molecule has 1 unspecified atom stereocenters. The molecule has 0 aliphatic rings. The zero-order valence-electron chi connectivity index (χ0n) is 12.2. The van der Waals surface area contributed by atoms with Gasteiger partial charge < -0.3 is 5.32 Å². The van der Waals surface area contributed by atoms with Crippen molar-refractivity contribution in [2.45, 2.75) is 47.0 Å². The molecule has 0 aromatic heterocycles. The summed E-state index contributed by atoms with van der Waals surface area (Å²) in [6.07, 6.45) is 1.12. The zero-order valence-corrected chi connectivity index (χ0v) is 12.2. The Kier molecular flexibility index (Phi) is 4.94. The molecule has 1 atom stereocenters. The lowest BCUT2D eigenvalue weighted by atomic mass is 9.96. The van der Waals surface area contributed by atoms with Crippen molar-refractivity contribution in [3.63, 3.8) is 0 Å². The van der Waals surface area contributed by atoms with Crippen LogP contribution in [0.2, 0.25) is 0 Å². The highest BCUT2D eigenvalue weighted by Gasteiger charge is 2.13. The van der Waals surface area contributed by atoms with Crippen molar-refractivity contribution in [2.24, 2.45) is 5.41 Å². The summed E-state index contributed by atoms with van der Waals surface area (Å²) in [6, 6.07) is 7.94. The molecule has 0 bridgehead atoms. The van der Waals surface area contributed by atoms with Crippen molar-refractivity contribution in [3.05, 3.63) is 35.4 Å². The van der Waals surface area contributed by atoms with E-state index in [0.717, 1.165) is 12.0 Å². The number of hydrogen-bond acceptors (Lipinski definition) is 1. The van der Waals surface area contributed by atoms with Gasteiger partial charge in [-0.2, -0.15) is 0 Å². The van der Waals surface area contributed by atoms with Crippen molar-refractivity contribution in [2.75, 3.05) is 6.54 Å². The molecule has 0 spiro atoms. The van der Waals surface area contributed by atoms with Gasteiger partial charge in [0.2, 0.25) is 0 Å². The van der Waals surface area contributed by atoms with Crippen LogP contribution in [0.4, 0.5) is 0 Å². The Balaban J connectivity index is 2.65. The van der Waals surface area contributed by atoms with Gasteiger partial charge in [-0.3, -0.25) is 4.79 Å². The molecular weight excluding hydrogens is 222 g/mol. The van der Waals surface area contributed by atoms with Crippen LogP contribution in [0.1, 0.15) is 62.9 Å². The Hall–Kier alpha value is -1.31. The van der Waals surface area contributed by atoms with E-state index in [0.29, 0.717) is 12.5 Å². The number of hydrogen-bond donors (Lipinski definition) is 1. The summed E-state index contributed by atoms with van der Waals surface area (Å²) >= 11 is 0. The van der Waals surface area contributed by atoms with E-state index in [-0.39, 0.29) is 11.3 Å². The van der Waals surface area contributed by atoms with E-state index in [1.165, 1.54) is 5.56 Å². The lowest BCUT2D eigenvalue weighted by Gasteiger charge is -2.18. The molecule has 0 saturated heterocycles. The van der Waals surface area contributed by atoms with Crippen LogP contribution >= 0.6 is 0 Å². The van der Waals surface area contributed by atoms with E-state index >= 15 is 0 Å². The number of nitrogens with one attached hydrogen (secondary N) is 1. The minimum absolute atomic E-state index is 0.0145. The molecule has 18 heavy (non-hydrogen) atoms. The third kappa shape index (κ3) is 4.52. The lowest BCUT2D eigenvalue weighted by Crippen LogP contribution is -2.32. The maximum absolute atomic E-state index is 11.9. The first-order valence-corrected chi connectivity index (χ1v) is 6.71. The second-order valence-corrected chi connectivity index (χ2v) is 6.17. The minimum atomic E-state index is 0.0145. The SMILES string of the molecule is CCC(C)c1ccc(C(=O)NCC(C)(C)C)cc1. The molecule has 0 aliphatic carbocycles. The normalized spacial score (nSPS) is 13.2. The second kappa shape index (κ2) is 6.03. The van der Waals surface area contributed by atoms with E-state index in [2.05, 4.69) is 52.1 Å². The maximum Gasteiger partial charge on any atom is 0.251 e. The molecular formula is C16H25NO. The van der Waals surface area contributed by atoms with Crippen molar-refractivity contribution in [1.29, 1.82) is 0 Å². The molecule has 0 radical (unpaired) electrons. The smallest absolute Gasteiger partial charge is 0.251 e. The first kappa shape index (κ1) is 14.7. The average Bonchev–Trinajstić information content (AvgIpc) is 2.34. The van der Waals surface area contributed by atoms with Gasteiger partial charge in [-0.1, -0.05) is 46.8 Å². The Morgan fingerprint density at radius 1 is 1.22 bits per heavy atom. The number of benzene rings is 1. The fraction of sp³-hybridized carbons (Fsp3) is 0.562. The number of amides is 1. The van der Waals surface area contributed by atoms with E-state index in [4.69, 9.17) is 0 Å². The van der Waals surface area contributed by atoms with Crippen LogP contribution in [0.15, 0.2) is 24.3 Å². The van der Waals surface area contributed by atoms with Gasteiger partial charge in [0.15, 0.2) is 0 Å². The largest absolute Gasteiger partial charge is 0.352 e. The van der Waals surface area contributed by atoms with Crippen LogP contribution in [0.25, 0.3) is 0 Å². The van der Waals surface area contributed by atoms with Gasteiger partial charge in [-0.25, -0.2) is 0 Å². The molecule has 0 fully saturated rings. The summed E-state index contributed by atoms with van der Waals surface area (Å²) in [7, 11) is 0. The summed E-state index contributed by atoms with van der Waals surface area (Å²) < 4.78 is 0. The lowest BCUT2D eigenvalue weighted by molar-refractivity contribution is 0.0939. The van der Waals surface area contributed by atoms with Crippen LogP contribution in [0.5, 0.6) is 0 Å². The molecule has 1 aromatic rings. The monoisotopic (exact) mass is 247 g/mol. The molecule has 100 valence electrons. The van der Waals surface area contributed by atoms with Gasteiger partial charge in [-0.05, 0) is 35.4 Å². The van der Waals surface area contributed by atoms with Gasteiger partial charge in [0, 0.05) is 12.1 Å². The third-order valence-corrected chi connectivity index (χ3v) is 3.13. The quantitative estimate of drug-likeness (QED) is 0.856. The minimum Gasteiger partial charge on any atom is -0.352 e. The molecule has 2 nitrogen and oxygen atoms in total. The Morgan fingerprint density at radius 3 is 2.22 bits per heavy atom. The van der Waals surface area contributed by atoms with E-state index in [1.54, 1.807) is 0 Å². The van der Waals surface area contributed by atoms with Crippen molar-refractivity contribution in [3.8, 4) is 0 Å². The summed E-state index contributed by atoms with van der Waals surface area (Å²) in [4.78, 5) is 11.9. The van der Waals surface area contributed by atoms with Gasteiger partial charge >= 0.3 is 0 Å². The van der Waals surface area contributed by atoms with Crippen LogP contribution in [0, 0.1) is 5.41 Å². The molecule has 1 N–H and O–H groups in total. The summed E-state index contributed by atoms with van der Waals surface area (Å²) in [5.41, 5.74) is 2.16. The summed E-state index contributed by atoms with van der Waals surface area (Å²) in [5.74, 6) is 0.567. The third-order valence-electron chi connectivity index (χ3n) is 3.13. The Labute approximate surface area is 111 Å².